The van der Waals surface area contributed by atoms with Crippen molar-refractivity contribution in [2.45, 2.75) is 31.8 Å². The minimum absolute atomic E-state index is 0.417. The van der Waals surface area contributed by atoms with Gasteiger partial charge in [-0.15, -0.1) is 0 Å². The Kier molecular flexibility index (Phi) is 3.12. The molecule has 3 rings (SSSR count). The molecule has 1 aromatic heterocycles. The van der Waals surface area contributed by atoms with Crippen LogP contribution in [0.1, 0.15) is 31.4 Å². The summed E-state index contributed by atoms with van der Waals surface area (Å²) in [6.07, 6.45) is 6.49. The molecule has 2 fully saturated rings. The van der Waals surface area contributed by atoms with Crippen LogP contribution in [0.3, 0.4) is 0 Å². The lowest BCUT2D eigenvalue weighted by Crippen LogP contribution is -2.44. The normalized spacial score (nSPS) is 33.6. The Hall–Kier alpha value is -0.930. The van der Waals surface area contributed by atoms with Crippen molar-refractivity contribution in [3.63, 3.8) is 0 Å². The molecule has 17 heavy (non-hydrogen) atoms. The van der Waals surface area contributed by atoms with Crippen LogP contribution in [0, 0.1) is 5.92 Å². The number of aromatic nitrogens is 1. The van der Waals surface area contributed by atoms with Gasteiger partial charge in [-0.2, -0.15) is 0 Å². The molecule has 3 nitrogen and oxygen atoms in total. The zero-order valence-electron chi connectivity index (χ0n) is 10.5. The van der Waals surface area contributed by atoms with Crippen molar-refractivity contribution in [3.8, 4) is 0 Å². The molecule has 0 radical (unpaired) electrons. The highest BCUT2D eigenvalue weighted by molar-refractivity contribution is 5.13. The van der Waals surface area contributed by atoms with Gasteiger partial charge in [0, 0.05) is 31.0 Å². The van der Waals surface area contributed by atoms with Crippen LogP contribution >= 0.6 is 0 Å². The standard InChI is InChI=1S/C14H21N3/c1-11(12-3-2-6-15-9-12)16-14-5-8-17-7-4-13(14)10-17/h2-3,6,9,11,13-14,16H,4-5,7-8,10H2,1H3. The van der Waals surface area contributed by atoms with E-state index in [1.54, 1.807) is 0 Å². The van der Waals surface area contributed by atoms with Crippen molar-refractivity contribution in [3.05, 3.63) is 30.1 Å². The average Bonchev–Trinajstić information content (AvgIpc) is 2.77. The summed E-state index contributed by atoms with van der Waals surface area (Å²) in [6, 6.07) is 5.30. The minimum atomic E-state index is 0.417. The molecular weight excluding hydrogens is 210 g/mol. The van der Waals surface area contributed by atoms with Crippen LogP contribution in [0.2, 0.25) is 0 Å². The van der Waals surface area contributed by atoms with Crippen molar-refractivity contribution < 1.29 is 0 Å². The van der Waals surface area contributed by atoms with Crippen LogP contribution in [-0.2, 0) is 0 Å². The molecule has 92 valence electrons. The van der Waals surface area contributed by atoms with Crippen molar-refractivity contribution >= 4 is 0 Å². The van der Waals surface area contributed by atoms with E-state index in [0.717, 1.165) is 5.92 Å². The van der Waals surface area contributed by atoms with Crippen molar-refractivity contribution in [1.82, 2.24) is 15.2 Å². The molecule has 0 aliphatic carbocycles. The lowest BCUT2D eigenvalue weighted by Gasteiger charge is -2.33. The van der Waals surface area contributed by atoms with E-state index in [9.17, 15) is 0 Å². The van der Waals surface area contributed by atoms with E-state index in [4.69, 9.17) is 0 Å². The average molecular weight is 231 g/mol. The van der Waals surface area contributed by atoms with Gasteiger partial charge in [0.25, 0.3) is 0 Å². The zero-order valence-corrected chi connectivity index (χ0v) is 10.5. The second-order valence-electron chi connectivity index (χ2n) is 5.42. The number of piperidine rings is 1. The smallest absolute Gasteiger partial charge is 0.0315 e. The van der Waals surface area contributed by atoms with Gasteiger partial charge in [0.15, 0.2) is 0 Å². The van der Waals surface area contributed by atoms with E-state index < -0.39 is 0 Å². The summed E-state index contributed by atoms with van der Waals surface area (Å²) in [5, 5.41) is 3.80. The molecule has 0 saturated carbocycles. The van der Waals surface area contributed by atoms with E-state index in [-0.39, 0.29) is 0 Å². The Balaban J connectivity index is 1.63. The van der Waals surface area contributed by atoms with Gasteiger partial charge < -0.3 is 10.2 Å². The highest BCUT2D eigenvalue weighted by Gasteiger charge is 2.34. The number of rotatable bonds is 3. The number of hydrogen-bond acceptors (Lipinski definition) is 3. The maximum atomic E-state index is 4.20. The third kappa shape index (κ3) is 2.35. The first kappa shape index (κ1) is 11.2. The van der Waals surface area contributed by atoms with Gasteiger partial charge in [-0.3, -0.25) is 4.98 Å². The van der Waals surface area contributed by atoms with E-state index in [0.29, 0.717) is 12.1 Å². The molecule has 2 bridgehead atoms. The van der Waals surface area contributed by atoms with Crippen molar-refractivity contribution in [2.75, 3.05) is 19.6 Å². The van der Waals surface area contributed by atoms with Crippen LogP contribution in [0.25, 0.3) is 0 Å². The molecule has 4 atom stereocenters. The molecule has 3 heteroatoms. The second-order valence-corrected chi connectivity index (χ2v) is 5.42. The van der Waals surface area contributed by atoms with Crippen LogP contribution in [0.15, 0.2) is 24.5 Å². The van der Waals surface area contributed by atoms with Crippen molar-refractivity contribution in [2.24, 2.45) is 5.92 Å². The molecule has 0 aromatic carbocycles. The largest absolute Gasteiger partial charge is 0.307 e. The van der Waals surface area contributed by atoms with Crippen LogP contribution in [0.4, 0.5) is 0 Å². The predicted molar refractivity (Wildman–Crippen MR) is 68.7 cm³/mol. The maximum absolute atomic E-state index is 4.20. The number of pyridine rings is 1. The van der Waals surface area contributed by atoms with E-state index in [1.807, 2.05) is 18.5 Å². The minimum Gasteiger partial charge on any atom is -0.307 e. The molecule has 2 aliphatic heterocycles. The number of hydrogen-bond donors (Lipinski definition) is 1. The van der Waals surface area contributed by atoms with Gasteiger partial charge in [-0.1, -0.05) is 6.07 Å². The van der Waals surface area contributed by atoms with Crippen LogP contribution in [0.5, 0.6) is 0 Å². The summed E-state index contributed by atoms with van der Waals surface area (Å²) in [5.74, 6) is 0.864. The third-order valence-electron chi connectivity index (χ3n) is 4.28. The lowest BCUT2D eigenvalue weighted by molar-refractivity contribution is 0.212. The third-order valence-corrected chi connectivity index (χ3v) is 4.28. The Labute approximate surface area is 103 Å². The van der Waals surface area contributed by atoms with E-state index >= 15 is 0 Å². The maximum Gasteiger partial charge on any atom is 0.0315 e. The molecular formula is C14H21N3. The lowest BCUT2D eigenvalue weighted by atomic mass is 9.93. The van der Waals surface area contributed by atoms with Gasteiger partial charge in [0.2, 0.25) is 0 Å². The highest BCUT2D eigenvalue weighted by atomic mass is 15.2. The summed E-state index contributed by atoms with van der Waals surface area (Å²) >= 11 is 0. The highest BCUT2D eigenvalue weighted by Crippen LogP contribution is 2.28. The SMILES string of the molecule is CC(NC1CCN2CCC1C2)c1cccnc1. The molecule has 2 aliphatic rings. The Morgan fingerprint density at radius 2 is 2.29 bits per heavy atom. The number of nitrogens with zero attached hydrogens (tertiary/aromatic N) is 2. The van der Waals surface area contributed by atoms with Gasteiger partial charge in [-0.25, -0.2) is 0 Å². The predicted octanol–water partition coefficient (Wildman–Crippen LogP) is 1.83. The fourth-order valence-corrected chi connectivity index (χ4v) is 3.22. The summed E-state index contributed by atoms with van der Waals surface area (Å²) < 4.78 is 0. The second kappa shape index (κ2) is 4.75. The van der Waals surface area contributed by atoms with Gasteiger partial charge in [0.1, 0.15) is 0 Å². The number of nitrogens with one attached hydrogen (secondary N) is 1. The molecule has 2 saturated heterocycles. The quantitative estimate of drug-likeness (QED) is 0.860. The topological polar surface area (TPSA) is 28.2 Å². The monoisotopic (exact) mass is 231 g/mol. The summed E-state index contributed by atoms with van der Waals surface area (Å²) in [4.78, 5) is 6.79. The molecule has 4 unspecified atom stereocenters. The molecule has 1 N–H and O–H groups in total. The number of fused-ring (bicyclic) bond motifs is 2. The Morgan fingerprint density at radius 1 is 1.41 bits per heavy atom. The fourth-order valence-electron chi connectivity index (χ4n) is 3.22. The Morgan fingerprint density at radius 3 is 3.12 bits per heavy atom. The summed E-state index contributed by atoms with van der Waals surface area (Å²) in [6.45, 7) is 6.13. The first-order valence-electron chi connectivity index (χ1n) is 6.71. The first-order chi connectivity index (χ1) is 8.33. The van der Waals surface area contributed by atoms with Crippen LogP contribution < -0.4 is 5.32 Å². The van der Waals surface area contributed by atoms with Gasteiger partial charge in [0.05, 0.1) is 0 Å². The van der Waals surface area contributed by atoms with E-state index in [1.165, 1.54) is 38.0 Å². The Bertz CT molecular complexity index is 365. The zero-order chi connectivity index (χ0) is 11.7. The fraction of sp³-hybridized carbons (Fsp3) is 0.643. The van der Waals surface area contributed by atoms with E-state index in [2.05, 4.69) is 28.2 Å². The summed E-state index contributed by atoms with van der Waals surface area (Å²) in [7, 11) is 0. The van der Waals surface area contributed by atoms with Crippen molar-refractivity contribution in [1.29, 1.82) is 0 Å². The van der Waals surface area contributed by atoms with Gasteiger partial charge >= 0.3 is 0 Å². The molecule has 0 spiro atoms. The van der Waals surface area contributed by atoms with Crippen LogP contribution in [-0.4, -0.2) is 35.6 Å². The first-order valence-corrected chi connectivity index (χ1v) is 6.71. The molecule has 0 amide bonds. The van der Waals surface area contributed by atoms with Gasteiger partial charge in [-0.05, 0) is 50.4 Å². The molecule has 1 aromatic rings. The molecule has 3 heterocycles. The summed E-state index contributed by atoms with van der Waals surface area (Å²) in [5.41, 5.74) is 1.30.